The maximum Gasteiger partial charge on any atom is 0.253 e. The molecule has 1 rings (SSSR count). The second-order valence-electron chi connectivity index (χ2n) is 1.82. The highest BCUT2D eigenvalue weighted by Gasteiger charge is 2.24. The number of aliphatic hydroxyl groups excluding tert-OH is 1. The molecule has 0 aromatic rings. The van der Waals surface area contributed by atoms with Crippen LogP contribution >= 0.6 is 11.8 Å². The highest BCUT2D eigenvalue weighted by Crippen LogP contribution is 2.13. The fourth-order valence-corrected chi connectivity index (χ4v) is 1.46. The van der Waals surface area contributed by atoms with Gasteiger partial charge in [-0.1, -0.05) is 0 Å². The molecule has 0 aromatic heterocycles. The van der Waals surface area contributed by atoms with Gasteiger partial charge in [-0.3, -0.25) is 4.79 Å². The lowest BCUT2D eigenvalue weighted by Crippen LogP contribution is -3.03. The molecule has 1 atom stereocenters. The van der Waals surface area contributed by atoms with Crippen molar-refractivity contribution < 1.29 is 15.0 Å². The maximum atomic E-state index is 10.8. The number of nitrogens with one attached hydrogen (secondary N) is 1. The monoisotopic (exact) mass is 161 g/mol. The molecule has 1 aliphatic heterocycles. The maximum absolute atomic E-state index is 10.8. The van der Waals surface area contributed by atoms with Crippen molar-refractivity contribution in [2.24, 2.45) is 0 Å². The Morgan fingerprint density at radius 3 is 3.00 bits per heavy atom. The molecule has 0 amide bonds. The highest BCUT2D eigenvalue weighted by molar-refractivity contribution is 8.17. The number of carbonyl (C=O) groups excluding carboxylic acids is 1. The van der Waals surface area contributed by atoms with E-state index in [4.69, 9.17) is 5.11 Å². The minimum atomic E-state index is -0.179. The van der Waals surface area contributed by atoms with Crippen LogP contribution in [0.25, 0.3) is 0 Å². The Hall–Kier alpha value is -0.360. The molecule has 1 saturated heterocycles. The van der Waals surface area contributed by atoms with E-state index < -0.39 is 0 Å². The van der Waals surface area contributed by atoms with Gasteiger partial charge < -0.3 is 15.4 Å². The molecule has 10 heavy (non-hydrogen) atoms. The Kier molecular flexibility index (Phi) is 2.44. The number of rotatable bonds is 1. The van der Waals surface area contributed by atoms with E-state index in [1.807, 2.05) is 0 Å². The first kappa shape index (κ1) is 7.74. The number of aliphatic hydroxyl groups is 1. The second kappa shape index (κ2) is 3.16. The summed E-state index contributed by atoms with van der Waals surface area (Å²) in [4.78, 5) is 10.6. The van der Waals surface area contributed by atoms with Crippen LogP contribution in [0.4, 0.5) is 0 Å². The Morgan fingerprint density at radius 1 is 1.90 bits per heavy atom. The number of hydrogen-bond acceptors (Lipinski definition) is 4. The Balaban J connectivity index is 2.63. The molecule has 1 fully saturated rings. The van der Waals surface area contributed by atoms with Crippen molar-refractivity contribution in [3.05, 3.63) is 16.3 Å². The van der Waals surface area contributed by atoms with Gasteiger partial charge >= 0.3 is 0 Å². The predicted octanol–water partition coefficient (Wildman–Crippen LogP) is -1.52. The van der Waals surface area contributed by atoms with Gasteiger partial charge in [-0.05, 0) is 0 Å². The highest BCUT2D eigenvalue weighted by atomic mass is 32.2. The lowest BCUT2D eigenvalue weighted by molar-refractivity contribution is -0.784. The van der Waals surface area contributed by atoms with Gasteiger partial charge in [0.1, 0.15) is 0 Å². The zero-order valence-electron chi connectivity index (χ0n) is 5.16. The minimum Gasteiger partial charge on any atom is -0.628 e. The molecule has 56 valence electrons. The summed E-state index contributed by atoms with van der Waals surface area (Å²) in [5.74, 6) is 0. The first-order valence-electron chi connectivity index (χ1n) is 2.79. The number of thioether (sulfide) groups is 1. The van der Waals surface area contributed by atoms with Crippen LogP contribution in [0.3, 0.4) is 0 Å². The summed E-state index contributed by atoms with van der Waals surface area (Å²) in [5, 5.41) is 19.2. The van der Waals surface area contributed by atoms with Crippen molar-refractivity contribution >= 4 is 16.9 Å². The lowest BCUT2D eigenvalue weighted by atomic mass is 10.6. The number of quaternary nitrogens is 1. The minimum absolute atomic E-state index is 0.0174. The summed E-state index contributed by atoms with van der Waals surface area (Å²) in [7, 11) is 0. The Morgan fingerprint density at radius 2 is 2.60 bits per heavy atom. The zero-order valence-corrected chi connectivity index (χ0v) is 5.98. The van der Waals surface area contributed by atoms with Crippen molar-refractivity contribution in [3.8, 4) is 0 Å². The first-order valence-corrected chi connectivity index (χ1v) is 3.60. The standard InChI is InChI=1S/C5H7NO3S/c7-2-1-4-6(9)3-5(8)10-4/h1,6-7H,2-3H2. The van der Waals surface area contributed by atoms with Crippen LogP contribution in [-0.4, -0.2) is 23.4 Å². The molecule has 0 radical (unpaired) electrons. The largest absolute Gasteiger partial charge is 0.628 e. The van der Waals surface area contributed by atoms with E-state index in [1.165, 1.54) is 6.08 Å². The molecule has 0 spiro atoms. The van der Waals surface area contributed by atoms with E-state index in [0.717, 1.165) is 11.8 Å². The summed E-state index contributed by atoms with van der Waals surface area (Å²) < 4.78 is 0. The van der Waals surface area contributed by atoms with Gasteiger partial charge in [0.05, 0.1) is 6.61 Å². The number of carbonyl (C=O) groups is 1. The molecule has 0 bridgehead atoms. The van der Waals surface area contributed by atoms with Gasteiger partial charge in [0.2, 0.25) is 0 Å². The quantitative estimate of drug-likeness (QED) is 0.458. The van der Waals surface area contributed by atoms with Crippen molar-refractivity contribution in [3.63, 3.8) is 0 Å². The number of hydroxylamine groups is 2. The first-order chi connectivity index (χ1) is 4.74. The third kappa shape index (κ3) is 1.57. The van der Waals surface area contributed by atoms with Gasteiger partial charge in [-0.25, -0.2) is 0 Å². The second-order valence-corrected chi connectivity index (χ2v) is 2.92. The van der Waals surface area contributed by atoms with Crippen LogP contribution in [0, 0.1) is 5.21 Å². The fourth-order valence-electron chi connectivity index (χ4n) is 0.672. The topological polar surface area (TPSA) is 64.8 Å². The summed E-state index contributed by atoms with van der Waals surface area (Å²) in [5.41, 5.74) is 0. The van der Waals surface area contributed by atoms with Gasteiger partial charge in [0.25, 0.3) is 5.12 Å². The average molecular weight is 161 g/mol. The van der Waals surface area contributed by atoms with Crippen LogP contribution in [0.2, 0.25) is 0 Å². The van der Waals surface area contributed by atoms with Crippen LogP contribution in [0.1, 0.15) is 0 Å². The summed E-state index contributed by atoms with van der Waals surface area (Å²) >= 11 is 0.911. The van der Waals surface area contributed by atoms with Crippen LogP contribution < -0.4 is 5.06 Å². The number of hydrogen-bond donors (Lipinski definition) is 2. The smallest absolute Gasteiger partial charge is 0.253 e. The average Bonchev–Trinajstić information content (AvgIpc) is 2.13. The Bertz CT molecular complexity index is 180. The van der Waals surface area contributed by atoms with E-state index in [-0.39, 0.29) is 23.3 Å². The third-order valence-corrected chi connectivity index (χ3v) is 2.07. The summed E-state index contributed by atoms with van der Waals surface area (Å²) in [6.45, 7) is -0.197. The Labute approximate surface area is 62.1 Å². The molecule has 1 heterocycles. The molecular formula is C5H7NO3S. The lowest BCUT2D eigenvalue weighted by Gasteiger charge is -2.12. The van der Waals surface area contributed by atoms with Crippen molar-refractivity contribution in [2.75, 3.05) is 13.2 Å². The molecule has 1 aliphatic rings. The molecule has 0 aliphatic carbocycles. The van der Waals surface area contributed by atoms with Gasteiger partial charge in [0.15, 0.2) is 11.6 Å². The summed E-state index contributed by atoms with van der Waals surface area (Å²) in [6, 6.07) is 0. The van der Waals surface area contributed by atoms with E-state index in [9.17, 15) is 10.0 Å². The molecular weight excluding hydrogens is 154 g/mol. The van der Waals surface area contributed by atoms with Crippen LogP contribution in [0.5, 0.6) is 0 Å². The van der Waals surface area contributed by atoms with E-state index in [1.54, 1.807) is 0 Å². The van der Waals surface area contributed by atoms with Crippen LogP contribution in [0.15, 0.2) is 11.1 Å². The van der Waals surface area contributed by atoms with E-state index in [0.29, 0.717) is 5.03 Å². The van der Waals surface area contributed by atoms with Crippen molar-refractivity contribution in [2.45, 2.75) is 0 Å². The van der Waals surface area contributed by atoms with E-state index in [2.05, 4.69) is 0 Å². The zero-order chi connectivity index (χ0) is 7.56. The van der Waals surface area contributed by atoms with E-state index >= 15 is 0 Å². The predicted molar refractivity (Wildman–Crippen MR) is 37.0 cm³/mol. The van der Waals surface area contributed by atoms with Crippen LogP contribution in [-0.2, 0) is 4.79 Å². The molecule has 1 unspecified atom stereocenters. The van der Waals surface area contributed by atoms with Gasteiger partial charge in [-0.15, -0.1) is 0 Å². The van der Waals surface area contributed by atoms with Crippen molar-refractivity contribution in [1.82, 2.24) is 0 Å². The van der Waals surface area contributed by atoms with Gasteiger partial charge in [-0.2, -0.15) is 0 Å². The molecule has 4 nitrogen and oxygen atoms in total. The SMILES string of the molecule is O=C1C[NH+]([O-])C(=CCO)S1. The summed E-state index contributed by atoms with van der Waals surface area (Å²) in [6.07, 6.45) is 1.36. The van der Waals surface area contributed by atoms with Crippen molar-refractivity contribution in [1.29, 1.82) is 0 Å². The molecule has 0 aromatic carbocycles. The molecule has 5 heteroatoms. The normalized spacial score (nSPS) is 30.0. The fraction of sp³-hybridized carbons (Fsp3) is 0.400. The molecule has 0 saturated carbocycles. The third-order valence-electron chi connectivity index (χ3n) is 1.08. The molecule has 2 N–H and O–H groups in total. The van der Waals surface area contributed by atoms with Gasteiger partial charge in [0, 0.05) is 17.8 Å².